The van der Waals surface area contributed by atoms with E-state index in [1.807, 2.05) is 60.7 Å². The number of fused-ring (bicyclic) bond motifs is 2. The van der Waals surface area contributed by atoms with Gasteiger partial charge in [-0.2, -0.15) is 0 Å². The van der Waals surface area contributed by atoms with E-state index in [2.05, 4.69) is 0 Å². The Bertz CT molecular complexity index is 2380. The third-order valence-corrected chi connectivity index (χ3v) is 12.4. The van der Waals surface area contributed by atoms with Gasteiger partial charge in [-0.1, -0.05) is 72.8 Å². The van der Waals surface area contributed by atoms with Crippen molar-refractivity contribution in [2.24, 2.45) is 34.4 Å². The Morgan fingerprint density at radius 2 is 0.952 bits per heavy atom. The van der Waals surface area contributed by atoms with Crippen molar-refractivity contribution < 1.29 is 19.2 Å². The van der Waals surface area contributed by atoms with E-state index in [1.165, 1.54) is 9.13 Å². The van der Waals surface area contributed by atoms with Gasteiger partial charge in [0.1, 0.15) is 0 Å². The molecule has 6 aromatic rings. The number of Topliss-reactive ketones (excluding diaryl/α,β-unsaturated/α-hetero) is 2. The number of ketones is 2. The average molecular weight is 873 g/mol. The standard InChI is InChI=1S/C48H60N10O4S/c1-47(53,27-9-11-29-49)43(61)57-39-33(41(59)35(51)25-23-31-15-5-3-6-16-31)19-13-21-37(39)55-45(57)63-46-56-38-22-14-20-34(42(60)36(52)26-24-32-17-7-4-8-18-32)40(38)58(46)44(62)48(2,54)28-10-12-30-50/h3-8,13-22,35-36H,9-12,23-30,49-54H2,1-2H3/t35-,36-,47-,48-/m0/s1. The first-order valence-electron chi connectivity index (χ1n) is 21.6. The molecule has 4 aromatic carbocycles. The summed E-state index contributed by atoms with van der Waals surface area (Å²) in [5.74, 6) is -1.78. The molecule has 0 spiro atoms. The van der Waals surface area contributed by atoms with Gasteiger partial charge in [0, 0.05) is 11.1 Å². The number of carbonyl (C=O) groups excluding carboxylic acids is 4. The lowest BCUT2D eigenvalue weighted by Gasteiger charge is -2.26. The van der Waals surface area contributed by atoms with E-state index in [4.69, 9.17) is 44.4 Å². The van der Waals surface area contributed by atoms with Gasteiger partial charge in [-0.15, -0.1) is 0 Å². The zero-order valence-corrected chi connectivity index (χ0v) is 37.0. The van der Waals surface area contributed by atoms with Crippen molar-refractivity contribution in [1.82, 2.24) is 19.1 Å². The number of benzene rings is 4. The highest BCUT2D eigenvalue weighted by atomic mass is 32.2. The van der Waals surface area contributed by atoms with Gasteiger partial charge in [0.05, 0.1) is 45.2 Å². The van der Waals surface area contributed by atoms with Crippen molar-refractivity contribution in [2.45, 2.75) is 112 Å². The van der Waals surface area contributed by atoms with Crippen molar-refractivity contribution in [2.75, 3.05) is 13.1 Å². The van der Waals surface area contributed by atoms with E-state index in [9.17, 15) is 19.2 Å². The maximum Gasteiger partial charge on any atom is 0.253 e. The molecule has 0 bridgehead atoms. The highest BCUT2D eigenvalue weighted by molar-refractivity contribution is 7.99. The van der Waals surface area contributed by atoms with E-state index >= 15 is 0 Å². The van der Waals surface area contributed by atoms with Crippen LogP contribution < -0.4 is 34.4 Å². The summed E-state index contributed by atoms with van der Waals surface area (Å²) in [6.07, 6.45) is 4.92. The van der Waals surface area contributed by atoms with Crippen LogP contribution in [0.2, 0.25) is 0 Å². The fourth-order valence-electron chi connectivity index (χ4n) is 7.80. The van der Waals surface area contributed by atoms with Gasteiger partial charge in [0.15, 0.2) is 21.9 Å². The molecule has 0 fully saturated rings. The Morgan fingerprint density at radius 1 is 0.571 bits per heavy atom. The number of nitrogens with two attached hydrogens (primary N) is 6. The zero-order chi connectivity index (χ0) is 45.3. The highest BCUT2D eigenvalue weighted by Gasteiger charge is 2.38. The second-order valence-electron chi connectivity index (χ2n) is 16.8. The normalized spacial score (nSPS) is 14.6. The van der Waals surface area contributed by atoms with E-state index < -0.39 is 35.0 Å². The van der Waals surface area contributed by atoms with Crippen LogP contribution in [0.4, 0.5) is 0 Å². The Hall–Kier alpha value is -5.39. The molecule has 63 heavy (non-hydrogen) atoms. The van der Waals surface area contributed by atoms with Crippen LogP contribution in [0.25, 0.3) is 22.1 Å². The Labute approximate surface area is 372 Å². The first-order chi connectivity index (χ1) is 30.2. The smallest absolute Gasteiger partial charge is 0.253 e. The lowest BCUT2D eigenvalue weighted by molar-refractivity contribution is 0.0793. The second-order valence-corrected chi connectivity index (χ2v) is 17.8. The third-order valence-electron chi connectivity index (χ3n) is 11.5. The first-order valence-corrected chi connectivity index (χ1v) is 22.5. The Balaban J connectivity index is 1.49. The molecule has 0 saturated heterocycles. The monoisotopic (exact) mass is 872 g/mol. The number of nitrogens with zero attached hydrogens (tertiary/aromatic N) is 4. The van der Waals surface area contributed by atoms with Gasteiger partial charge in [-0.05, 0) is 138 Å². The van der Waals surface area contributed by atoms with E-state index in [0.29, 0.717) is 88.3 Å². The molecule has 0 aliphatic rings. The van der Waals surface area contributed by atoms with E-state index in [0.717, 1.165) is 22.9 Å². The van der Waals surface area contributed by atoms with Gasteiger partial charge in [-0.3, -0.25) is 28.3 Å². The number of carbonyl (C=O) groups is 4. The van der Waals surface area contributed by atoms with Crippen molar-refractivity contribution in [3.05, 3.63) is 119 Å². The van der Waals surface area contributed by atoms with Crippen LogP contribution in [-0.4, -0.2) is 78.7 Å². The molecular weight excluding hydrogens is 813 g/mol. The number of rotatable bonds is 22. The molecular formula is C48H60N10O4S. The molecule has 0 saturated carbocycles. The number of hydrogen-bond donors (Lipinski definition) is 6. The SMILES string of the molecule is C[C@](N)(CCCCN)C(=O)n1c(Sc2nc3cccc(C(=O)[C@@H](N)CCc4ccccc4)c3n2C(=O)[C@@](C)(N)CCCCN)nc2cccc(C(=O)[C@@H](N)CCc3ccccc3)c21. The summed E-state index contributed by atoms with van der Waals surface area (Å²) in [4.78, 5) is 68.2. The summed E-state index contributed by atoms with van der Waals surface area (Å²) < 4.78 is 2.70. The molecule has 2 heterocycles. The molecule has 14 nitrogen and oxygen atoms in total. The number of aryl methyl sites for hydroxylation is 2. The van der Waals surface area contributed by atoms with Crippen molar-refractivity contribution in [3.8, 4) is 0 Å². The third kappa shape index (κ3) is 10.9. The lowest BCUT2D eigenvalue weighted by Crippen LogP contribution is -2.48. The summed E-state index contributed by atoms with van der Waals surface area (Å²) in [5.41, 5.74) is 39.2. The number of unbranched alkanes of at least 4 members (excludes halogenated alkanes) is 2. The Kier molecular flexibility index (Phi) is 15.6. The molecule has 6 rings (SSSR count). The van der Waals surface area contributed by atoms with Gasteiger partial charge >= 0.3 is 0 Å². The van der Waals surface area contributed by atoms with Gasteiger partial charge in [0.2, 0.25) is 0 Å². The fourth-order valence-corrected chi connectivity index (χ4v) is 8.78. The summed E-state index contributed by atoms with van der Waals surface area (Å²) >= 11 is 0.936. The summed E-state index contributed by atoms with van der Waals surface area (Å²) in [5, 5.41) is 0.199. The summed E-state index contributed by atoms with van der Waals surface area (Å²) in [7, 11) is 0. The van der Waals surface area contributed by atoms with Crippen LogP contribution in [0.15, 0.2) is 107 Å². The molecule has 12 N–H and O–H groups in total. The van der Waals surface area contributed by atoms with Crippen molar-refractivity contribution in [1.29, 1.82) is 0 Å². The first kappa shape index (κ1) is 47.1. The minimum atomic E-state index is -1.42. The van der Waals surface area contributed by atoms with Crippen molar-refractivity contribution in [3.63, 3.8) is 0 Å². The van der Waals surface area contributed by atoms with Crippen LogP contribution in [-0.2, 0) is 12.8 Å². The van der Waals surface area contributed by atoms with E-state index in [-0.39, 0.29) is 44.0 Å². The molecule has 4 atom stereocenters. The van der Waals surface area contributed by atoms with Crippen LogP contribution in [0, 0.1) is 0 Å². The maximum absolute atomic E-state index is 14.9. The van der Waals surface area contributed by atoms with Crippen LogP contribution in [0.5, 0.6) is 0 Å². The fraction of sp³-hybridized carbons (Fsp3) is 0.375. The molecule has 15 heteroatoms. The summed E-state index contributed by atoms with van der Waals surface area (Å²) in [6.45, 7) is 4.14. The van der Waals surface area contributed by atoms with Gasteiger partial charge < -0.3 is 34.4 Å². The largest absolute Gasteiger partial charge is 0.330 e. The van der Waals surface area contributed by atoms with Crippen LogP contribution >= 0.6 is 11.8 Å². The topological polar surface area (TPSA) is 260 Å². The molecule has 332 valence electrons. The predicted molar refractivity (Wildman–Crippen MR) is 250 cm³/mol. The molecule has 0 amide bonds. The zero-order valence-electron chi connectivity index (χ0n) is 36.2. The number of imidazole rings is 2. The minimum Gasteiger partial charge on any atom is -0.330 e. The molecule has 0 aliphatic heterocycles. The summed E-state index contributed by atoms with van der Waals surface area (Å²) in [6, 6.07) is 27.8. The molecule has 0 radical (unpaired) electrons. The average Bonchev–Trinajstić information content (AvgIpc) is 3.84. The number of hydrogen-bond acceptors (Lipinski definition) is 13. The lowest BCUT2D eigenvalue weighted by atomic mass is 9.94. The van der Waals surface area contributed by atoms with Crippen LogP contribution in [0.3, 0.4) is 0 Å². The van der Waals surface area contributed by atoms with E-state index in [1.54, 1.807) is 50.2 Å². The number of aromatic nitrogens is 4. The quantitative estimate of drug-likeness (QED) is 0.0349. The Morgan fingerprint density at radius 3 is 1.32 bits per heavy atom. The number of para-hydroxylation sites is 2. The second kappa shape index (κ2) is 20.9. The van der Waals surface area contributed by atoms with Gasteiger partial charge in [0.25, 0.3) is 11.8 Å². The molecule has 0 unspecified atom stereocenters. The molecule has 0 aliphatic carbocycles. The van der Waals surface area contributed by atoms with Crippen molar-refractivity contribution >= 4 is 57.2 Å². The maximum atomic E-state index is 14.9. The minimum absolute atomic E-state index is 0.0993. The predicted octanol–water partition coefficient (Wildman–Crippen LogP) is 5.80. The van der Waals surface area contributed by atoms with Crippen LogP contribution in [0.1, 0.15) is 107 Å². The highest BCUT2D eigenvalue weighted by Crippen LogP contribution is 2.37. The van der Waals surface area contributed by atoms with Gasteiger partial charge in [-0.25, -0.2) is 9.97 Å². The molecule has 2 aromatic heterocycles.